The summed E-state index contributed by atoms with van der Waals surface area (Å²) in [6, 6.07) is 11.3. The van der Waals surface area contributed by atoms with Crippen molar-refractivity contribution >= 4 is 11.7 Å². The van der Waals surface area contributed by atoms with Gasteiger partial charge in [0.1, 0.15) is 23.8 Å². The SMILES string of the molecule is CO[C@@]1(COc2cccc(C)c2)CCCN(C(=O)c2cccnc2N)C1. The second-order valence-corrected chi connectivity index (χ2v) is 6.76. The molecule has 1 fully saturated rings. The Bertz CT molecular complexity index is 780. The number of aryl methyl sites for hydroxylation is 1. The van der Waals surface area contributed by atoms with Crippen LogP contribution in [-0.2, 0) is 4.74 Å². The molecule has 1 atom stereocenters. The fourth-order valence-corrected chi connectivity index (χ4v) is 3.30. The first-order valence-electron chi connectivity index (χ1n) is 8.77. The molecule has 26 heavy (non-hydrogen) atoms. The number of likely N-dealkylation sites (tertiary alicyclic amines) is 1. The van der Waals surface area contributed by atoms with E-state index in [-0.39, 0.29) is 11.7 Å². The molecule has 0 radical (unpaired) electrons. The largest absolute Gasteiger partial charge is 0.491 e. The Kier molecular flexibility index (Phi) is 5.42. The predicted octanol–water partition coefficient (Wildman–Crippen LogP) is 2.67. The molecule has 0 spiro atoms. The van der Waals surface area contributed by atoms with Crippen LogP contribution in [0.5, 0.6) is 5.75 Å². The number of methoxy groups -OCH3 is 1. The van der Waals surface area contributed by atoms with Gasteiger partial charge in [-0.1, -0.05) is 12.1 Å². The van der Waals surface area contributed by atoms with Gasteiger partial charge in [0.25, 0.3) is 5.91 Å². The summed E-state index contributed by atoms with van der Waals surface area (Å²) < 4.78 is 11.8. The van der Waals surface area contributed by atoms with Gasteiger partial charge in [-0.05, 0) is 49.6 Å². The van der Waals surface area contributed by atoms with Crippen molar-refractivity contribution in [2.24, 2.45) is 0 Å². The Morgan fingerprint density at radius 1 is 1.35 bits per heavy atom. The maximum absolute atomic E-state index is 12.9. The maximum atomic E-state index is 12.9. The van der Waals surface area contributed by atoms with Crippen LogP contribution in [0.1, 0.15) is 28.8 Å². The van der Waals surface area contributed by atoms with Crippen molar-refractivity contribution < 1.29 is 14.3 Å². The molecule has 1 saturated heterocycles. The molecule has 3 rings (SSSR count). The van der Waals surface area contributed by atoms with E-state index in [0.717, 1.165) is 24.2 Å². The number of hydrogen-bond donors (Lipinski definition) is 1. The third kappa shape index (κ3) is 3.96. The zero-order chi connectivity index (χ0) is 18.6. The zero-order valence-electron chi connectivity index (χ0n) is 15.3. The summed E-state index contributed by atoms with van der Waals surface area (Å²) in [6.45, 7) is 3.54. The van der Waals surface area contributed by atoms with Crippen molar-refractivity contribution in [3.63, 3.8) is 0 Å². The number of nitrogens with two attached hydrogens (primary N) is 1. The van der Waals surface area contributed by atoms with Crippen LogP contribution >= 0.6 is 0 Å². The molecular weight excluding hydrogens is 330 g/mol. The molecule has 6 nitrogen and oxygen atoms in total. The Morgan fingerprint density at radius 3 is 2.92 bits per heavy atom. The van der Waals surface area contributed by atoms with Crippen LogP contribution in [0.3, 0.4) is 0 Å². The number of nitrogen functional groups attached to an aromatic ring is 1. The normalized spacial score (nSPS) is 20.0. The second kappa shape index (κ2) is 7.74. The van der Waals surface area contributed by atoms with Gasteiger partial charge >= 0.3 is 0 Å². The van der Waals surface area contributed by atoms with Crippen LogP contribution in [0.25, 0.3) is 0 Å². The lowest BCUT2D eigenvalue weighted by Crippen LogP contribution is -2.54. The van der Waals surface area contributed by atoms with Crippen molar-refractivity contribution in [1.29, 1.82) is 0 Å². The summed E-state index contributed by atoms with van der Waals surface area (Å²) in [6.07, 6.45) is 3.26. The number of rotatable bonds is 5. The van der Waals surface area contributed by atoms with Crippen LogP contribution in [0.2, 0.25) is 0 Å². The number of aromatic nitrogens is 1. The Labute approximate surface area is 153 Å². The molecule has 1 aromatic carbocycles. The smallest absolute Gasteiger partial charge is 0.257 e. The van der Waals surface area contributed by atoms with Crippen LogP contribution < -0.4 is 10.5 Å². The Balaban J connectivity index is 1.72. The number of carbonyl (C=O) groups excluding carboxylic acids is 1. The molecule has 138 valence electrons. The summed E-state index contributed by atoms with van der Waals surface area (Å²) in [4.78, 5) is 18.6. The Morgan fingerprint density at radius 2 is 2.19 bits per heavy atom. The average Bonchev–Trinajstić information content (AvgIpc) is 2.66. The predicted molar refractivity (Wildman–Crippen MR) is 100 cm³/mol. The minimum Gasteiger partial charge on any atom is -0.491 e. The summed E-state index contributed by atoms with van der Waals surface area (Å²) in [5.41, 5.74) is 6.90. The van der Waals surface area contributed by atoms with Gasteiger partial charge in [0.2, 0.25) is 0 Å². The highest BCUT2D eigenvalue weighted by Crippen LogP contribution is 2.28. The molecule has 6 heteroatoms. The molecule has 0 unspecified atom stereocenters. The first-order valence-corrected chi connectivity index (χ1v) is 8.77. The molecule has 2 heterocycles. The first-order chi connectivity index (χ1) is 12.5. The topological polar surface area (TPSA) is 77.7 Å². The van der Waals surface area contributed by atoms with E-state index in [1.54, 1.807) is 30.3 Å². The van der Waals surface area contributed by atoms with E-state index in [4.69, 9.17) is 15.2 Å². The first kappa shape index (κ1) is 18.2. The van der Waals surface area contributed by atoms with E-state index in [0.29, 0.717) is 25.3 Å². The maximum Gasteiger partial charge on any atom is 0.257 e. The third-order valence-electron chi connectivity index (χ3n) is 4.82. The standard InChI is InChI=1S/C20H25N3O3/c1-15-6-3-7-16(12-15)26-14-20(25-2)9-5-11-23(13-20)19(24)17-8-4-10-22-18(17)21/h3-4,6-8,10,12H,5,9,11,13-14H2,1-2H3,(H2,21,22)/t20-/m0/s1. The van der Waals surface area contributed by atoms with Gasteiger partial charge < -0.3 is 20.1 Å². The quantitative estimate of drug-likeness (QED) is 0.892. The highest BCUT2D eigenvalue weighted by Gasteiger charge is 2.38. The lowest BCUT2D eigenvalue weighted by atomic mass is 9.92. The van der Waals surface area contributed by atoms with Crippen LogP contribution in [0, 0.1) is 6.92 Å². The van der Waals surface area contributed by atoms with Crippen molar-refractivity contribution in [2.45, 2.75) is 25.4 Å². The molecule has 1 aliphatic heterocycles. The van der Waals surface area contributed by atoms with Crippen molar-refractivity contribution in [1.82, 2.24) is 9.88 Å². The van der Waals surface area contributed by atoms with E-state index in [9.17, 15) is 4.79 Å². The number of benzene rings is 1. The molecule has 1 aliphatic rings. The van der Waals surface area contributed by atoms with Gasteiger partial charge in [-0.3, -0.25) is 4.79 Å². The highest BCUT2D eigenvalue weighted by atomic mass is 16.5. The van der Waals surface area contributed by atoms with E-state index in [2.05, 4.69) is 4.98 Å². The Hall–Kier alpha value is -2.60. The molecule has 0 saturated carbocycles. The number of anilines is 1. The van der Waals surface area contributed by atoms with Gasteiger partial charge in [-0.25, -0.2) is 4.98 Å². The van der Waals surface area contributed by atoms with Crippen LogP contribution in [0.15, 0.2) is 42.6 Å². The van der Waals surface area contributed by atoms with Gasteiger partial charge in [0.05, 0.1) is 12.1 Å². The minimum absolute atomic E-state index is 0.118. The fourth-order valence-electron chi connectivity index (χ4n) is 3.30. The lowest BCUT2D eigenvalue weighted by Gasteiger charge is -2.41. The van der Waals surface area contributed by atoms with Gasteiger partial charge in [-0.15, -0.1) is 0 Å². The molecule has 0 aliphatic carbocycles. The van der Waals surface area contributed by atoms with Crippen molar-refractivity contribution in [2.75, 3.05) is 32.5 Å². The zero-order valence-corrected chi connectivity index (χ0v) is 15.3. The molecule has 2 aromatic rings. The van der Waals surface area contributed by atoms with Gasteiger partial charge in [-0.2, -0.15) is 0 Å². The number of carbonyl (C=O) groups is 1. The minimum atomic E-state index is -0.533. The van der Waals surface area contributed by atoms with Gasteiger partial charge in [0.15, 0.2) is 0 Å². The van der Waals surface area contributed by atoms with E-state index in [1.165, 1.54) is 0 Å². The van der Waals surface area contributed by atoms with E-state index < -0.39 is 5.60 Å². The summed E-state index contributed by atoms with van der Waals surface area (Å²) in [5, 5.41) is 0. The second-order valence-electron chi connectivity index (χ2n) is 6.76. The summed E-state index contributed by atoms with van der Waals surface area (Å²) in [7, 11) is 1.67. The number of amides is 1. The van der Waals surface area contributed by atoms with Crippen LogP contribution in [0.4, 0.5) is 5.82 Å². The molecule has 0 bridgehead atoms. The van der Waals surface area contributed by atoms with Crippen molar-refractivity contribution in [3.05, 3.63) is 53.7 Å². The molecular formula is C20H25N3O3. The number of ether oxygens (including phenoxy) is 2. The van der Waals surface area contributed by atoms with E-state index in [1.807, 2.05) is 31.2 Å². The van der Waals surface area contributed by atoms with Gasteiger partial charge in [0, 0.05) is 19.9 Å². The molecule has 1 amide bonds. The molecule has 1 aromatic heterocycles. The fraction of sp³-hybridized carbons (Fsp3) is 0.400. The molecule has 2 N–H and O–H groups in total. The van der Waals surface area contributed by atoms with E-state index >= 15 is 0 Å². The highest BCUT2D eigenvalue weighted by molar-refractivity contribution is 5.98. The van der Waals surface area contributed by atoms with Crippen molar-refractivity contribution in [3.8, 4) is 5.75 Å². The summed E-state index contributed by atoms with van der Waals surface area (Å²) in [5.74, 6) is 0.941. The lowest BCUT2D eigenvalue weighted by molar-refractivity contribution is -0.0824. The third-order valence-corrected chi connectivity index (χ3v) is 4.82. The monoisotopic (exact) mass is 355 g/mol. The number of piperidine rings is 1. The van der Waals surface area contributed by atoms with Crippen LogP contribution in [-0.4, -0.2) is 48.2 Å². The average molecular weight is 355 g/mol. The number of nitrogens with zero attached hydrogens (tertiary/aromatic N) is 2. The summed E-state index contributed by atoms with van der Waals surface area (Å²) >= 11 is 0. The number of pyridine rings is 1. The number of hydrogen-bond acceptors (Lipinski definition) is 5.